The number of nitrogen functional groups attached to an aromatic ring is 1. The molecule has 0 radical (unpaired) electrons. The summed E-state index contributed by atoms with van der Waals surface area (Å²) in [6.07, 6.45) is 0.987. The highest BCUT2D eigenvalue weighted by Gasteiger charge is 2.49. The minimum Gasteiger partial charge on any atom is -0.426 e. The van der Waals surface area contributed by atoms with E-state index in [-0.39, 0.29) is 24.0 Å². The number of hydrogen-bond acceptors (Lipinski definition) is 5. The minimum atomic E-state index is -0.168. The van der Waals surface area contributed by atoms with E-state index in [2.05, 4.69) is 85.4 Å². The zero-order valence-electron chi connectivity index (χ0n) is 17.5. The third kappa shape index (κ3) is 2.93. The van der Waals surface area contributed by atoms with Crippen molar-refractivity contribution in [1.82, 2.24) is 15.3 Å². The lowest BCUT2D eigenvalue weighted by Crippen LogP contribution is -2.36. The maximum Gasteiger partial charge on any atom is 0.327 e. The molecule has 1 atom stereocenters. The Hall–Kier alpha value is -2.44. The van der Waals surface area contributed by atoms with Gasteiger partial charge in [0.15, 0.2) is 0 Å². The van der Waals surface area contributed by atoms with E-state index < -0.39 is 0 Å². The van der Waals surface area contributed by atoms with E-state index in [0.29, 0.717) is 5.95 Å². The quantitative estimate of drug-likeness (QED) is 0.660. The van der Waals surface area contributed by atoms with E-state index in [1.165, 1.54) is 16.6 Å². The van der Waals surface area contributed by atoms with Gasteiger partial charge in [-0.3, -0.25) is 0 Å². The summed E-state index contributed by atoms with van der Waals surface area (Å²) >= 11 is 0. The van der Waals surface area contributed by atoms with Gasteiger partial charge in [0.1, 0.15) is 0 Å². The molecule has 2 aromatic carbocycles. The second-order valence-corrected chi connectivity index (χ2v) is 9.46. The molecule has 0 amide bonds. The highest BCUT2D eigenvalue weighted by Crippen LogP contribution is 2.45. The fraction of sp³-hybridized carbons (Fsp3) is 0.391. The molecule has 1 saturated heterocycles. The summed E-state index contributed by atoms with van der Waals surface area (Å²) in [6, 6.07) is 14.9. The van der Waals surface area contributed by atoms with Crippen LogP contribution in [0.2, 0.25) is 6.32 Å². The van der Waals surface area contributed by atoms with E-state index >= 15 is 0 Å². The average Bonchev–Trinajstić information content (AvgIpc) is 3.18. The number of rotatable bonds is 2. The molecular weight excluding hydrogens is 359 g/mol. The van der Waals surface area contributed by atoms with E-state index in [1.54, 1.807) is 0 Å². The second-order valence-electron chi connectivity index (χ2n) is 9.46. The Morgan fingerprint density at radius 3 is 2.66 bits per heavy atom. The molecule has 148 valence electrons. The van der Waals surface area contributed by atoms with Gasteiger partial charge in [-0.1, -0.05) is 50.2 Å². The van der Waals surface area contributed by atoms with Crippen molar-refractivity contribution in [2.45, 2.75) is 52.2 Å². The van der Waals surface area contributed by atoms with Crippen LogP contribution in [0.15, 0.2) is 42.5 Å². The van der Waals surface area contributed by atoms with Gasteiger partial charge in [0.25, 0.3) is 0 Å². The van der Waals surface area contributed by atoms with Crippen molar-refractivity contribution in [2.24, 2.45) is 5.41 Å². The number of nitrogens with two attached hydrogens (primary N) is 1. The smallest absolute Gasteiger partial charge is 0.327 e. The zero-order valence-corrected chi connectivity index (χ0v) is 17.5. The van der Waals surface area contributed by atoms with Gasteiger partial charge in [-0.05, 0) is 48.2 Å². The van der Waals surface area contributed by atoms with E-state index in [9.17, 15) is 0 Å². The maximum atomic E-state index is 6.46. The molecule has 2 aliphatic rings. The lowest BCUT2D eigenvalue weighted by Gasteiger charge is -2.34. The van der Waals surface area contributed by atoms with E-state index in [0.717, 1.165) is 29.5 Å². The van der Waals surface area contributed by atoms with Gasteiger partial charge in [-0.2, -0.15) is 0 Å². The van der Waals surface area contributed by atoms with Crippen LogP contribution >= 0.6 is 0 Å². The van der Waals surface area contributed by atoms with Crippen molar-refractivity contribution in [2.75, 3.05) is 5.73 Å². The fourth-order valence-corrected chi connectivity index (χ4v) is 4.60. The van der Waals surface area contributed by atoms with Gasteiger partial charge < -0.3 is 15.7 Å². The van der Waals surface area contributed by atoms with Crippen molar-refractivity contribution in [3.05, 3.63) is 59.3 Å². The fourth-order valence-electron chi connectivity index (χ4n) is 4.60. The van der Waals surface area contributed by atoms with Crippen molar-refractivity contribution in [3.63, 3.8) is 0 Å². The molecule has 5 nitrogen and oxygen atoms in total. The number of nitrogens with zero attached hydrogens (tertiary/aromatic N) is 2. The number of aromatic nitrogens is 2. The molecule has 6 heteroatoms. The topological polar surface area (TPSA) is 73.1 Å². The number of nitrogens with one attached hydrogen (secondary N) is 1. The molecule has 3 heterocycles. The first-order valence-electron chi connectivity index (χ1n) is 10.3. The molecule has 3 N–H and O–H groups in total. The second kappa shape index (κ2) is 6.28. The number of benzene rings is 2. The molecular formula is C23H27BN4O. The molecule has 3 aromatic rings. The van der Waals surface area contributed by atoms with Crippen LogP contribution in [0.1, 0.15) is 50.6 Å². The summed E-state index contributed by atoms with van der Waals surface area (Å²) in [4.78, 5) is 9.16. The normalized spacial score (nSPS) is 22.2. The monoisotopic (exact) mass is 386 g/mol. The first kappa shape index (κ1) is 18.6. The molecule has 0 aliphatic carbocycles. The largest absolute Gasteiger partial charge is 0.426 e. The highest BCUT2D eigenvalue weighted by atomic mass is 16.5. The van der Waals surface area contributed by atoms with Crippen molar-refractivity contribution in [3.8, 4) is 0 Å². The number of fused-ring (bicyclic) bond motifs is 2. The van der Waals surface area contributed by atoms with Crippen molar-refractivity contribution < 1.29 is 4.65 Å². The molecule has 1 fully saturated rings. The van der Waals surface area contributed by atoms with Gasteiger partial charge in [0.2, 0.25) is 5.95 Å². The van der Waals surface area contributed by atoms with E-state index in [4.69, 9.17) is 10.4 Å². The molecule has 0 saturated carbocycles. The molecule has 0 bridgehead atoms. The number of hydrogen-bond donors (Lipinski definition) is 2. The molecule has 29 heavy (non-hydrogen) atoms. The van der Waals surface area contributed by atoms with Crippen molar-refractivity contribution in [1.29, 1.82) is 0 Å². The molecule has 5 rings (SSSR count). The first-order valence-corrected chi connectivity index (χ1v) is 10.3. The van der Waals surface area contributed by atoms with Gasteiger partial charge in [-0.15, -0.1) is 0 Å². The average molecular weight is 386 g/mol. The standard InChI is InChI=1S/C23H27BN4O/c1-22(2)13-24(29-23(22,3)4)15-9-10-18-17(11-15)20(28-21(25)27-18)19-16-8-6-5-7-14(16)12-26-19/h5-11,19,26H,12-13H2,1-4H3,(H2,25,27,28). The first-order chi connectivity index (χ1) is 13.7. The Balaban J connectivity index is 1.62. The van der Waals surface area contributed by atoms with Gasteiger partial charge in [-0.25, -0.2) is 9.97 Å². The Kier molecular flexibility index (Phi) is 4.02. The predicted molar refractivity (Wildman–Crippen MR) is 118 cm³/mol. The third-order valence-electron chi connectivity index (χ3n) is 7.04. The van der Waals surface area contributed by atoms with Crippen LogP contribution in [0.4, 0.5) is 5.95 Å². The van der Waals surface area contributed by atoms with Gasteiger partial charge in [0, 0.05) is 11.9 Å². The van der Waals surface area contributed by atoms with Crippen LogP contribution in [-0.2, 0) is 11.2 Å². The van der Waals surface area contributed by atoms with Crippen molar-refractivity contribution >= 4 is 29.2 Å². The Bertz CT molecular complexity index is 1100. The minimum absolute atomic E-state index is 0.0200. The van der Waals surface area contributed by atoms with E-state index in [1.807, 2.05) is 0 Å². The van der Waals surface area contributed by atoms with Crippen LogP contribution in [0.3, 0.4) is 0 Å². The van der Waals surface area contributed by atoms with Crippen LogP contribution in [-0.4, -0.2) is 22.5 Å². The molecule has 2 aliphatic heterocycles. The molecule has 1 aromatic heterocycles. The van der Waals surface area contributed by atoms with Crippen LogP contribution < -0.4 is 16.5 Å². The predicted octanol–water partition coefficient (Wildman–Crippen LogP) is 3.44. The Labute approximate surface area is 172 Å². The van der Waals surface area contributed by atoms with Crippen LogP contribution in [0.5, 0.6) is 0 Å². The maximum absolute atomic E-state index is 6.46. The Morgan fingerprint density at radius 1 is 1.10 bits per heavy atom. The lowest BCUT2D eigenvalue weighted by atomic mass is 9.54. The van der Waals surface area contributed by atoms with Gasteiger partial charge in [0.05, 0.1) is 22.9 Å². The van der Waals surface area contributed by atoms with Gasteiger partial charge >= 0.3 is 6.92 Å². The SMILES string of the molecule is CC1(C)CB(c2ccc3nc(N)nc(C4NCc5ccccc54)c3c2)OC1(C)C. The zero-order chi connectivity index (χ0) is 20.4. The Morgan fingerprint density at radius 2 is 1.90 bits per heavy atom. The highest BCUT2D eigenvalue weighted by molar-refractivity contribution is 6.68. The lowest BCUT2D eigenvalue weighted by molar-refractivity contribution is 0.0375. The number of anilines is 1. The third-order valence-corrected chi connectivity index (χ3v) is 7.04. The summed E-state index contributed by atoms with van der Waals surface area (Å²) in [7, 11) is 0. The summed E-state index contributed by atoms with van der Waals surface area (Å²) in [6.45, 7) is 9.83. The molecule has 1 unspecified atom stereocenters. The summed E-state index contributed by atoms with van der Waals surface area (Å²) in [5, 5.41) is 4.63. The molecule has 0 spiro atoms. The summed E-state index contributed by atoms with van der Waals surface area (Å²) in [5.74, 6) is 0.311. The van der Waals surface area contributed by atoms with Crippen LogP contribution in [0, 0.1) is 5.41 Å². The summed E-state index contributed by atoms with van der Waals surface area (Å²) in [5.41, 5.74) is 11.6. The van der Waals surface area contributed by atoms with Crippen LogP contribution in [0.25, 0.3) is 10.9 Å². The summed E-state index contributed by atoms with van der Waals surface area (Å²) < 4.78 is 6.46.